The van der Waals surface area contributed by atoms with E-state index in [-0.39, 0.29) is 29.5 Å². The third-order valence-electron chi connectivity index (χ3n) is 7.52. The summed E-state index contributed by atoms with van der Waals surface area (Å²) in [6.07, 6.45) is 0.399. The normalized spacial score (nSPS) is 18.1. The molecule has 0 aliphatic heterocycles. The molecule has 0 atom stereocenters. The Labute approximate surface area is 207 Å². The Kier molecular flexibility index (Phi) is 6.15. The first-order chi connectivity index (χ1) is 16.3. The van der Waals surface area contributed by atoms with Gasteiger partial charge in [0.1, 0.15) is 11.5 Å². The summed E-state index contributed by atoms with van der Waals surface area (Å²) in [7, 11) is 0. The Morgan fingerprint density at radius 2 is 1.06 bits per heavy atom. The van der Waals surface area contributed by atoms with E-state index >= 15 is 0 Å². The van der Waals surface area contributed by atoms with Crippen LogP contribution in [0.3, 0.4) is 0 Å². The van der Waals surface area contributed by atoms with E-state index in [9.17, 15) is 9.59 Å². The van der Waals surface area contributed by atoms with Gasteiger partial charge in [-0.1, -0.05) is 39.8 Å². The molecule has 0 heterocycles. The van der Waals surface area contributed by atoms with E-state index in [1.165, 1.54) is 11.1 Å². The summed E-state index contributed by atoms with van der Waals surface area (Å²) >= 11 is 0. The van der Waals surface area contributed by atoms with E-state index < -0.39 is 12.3 Å². The van der Waals surface area contributed by atoms with Gasteiger partial charge >= 0.3 is 12.3 Å². The fourth-order valence-corrected chi connectivity index (χ4v) is 6.27. The molecule has 2 aromatic rings. The number of ether oxygens (including phenoxy) is 4. The molecular weight excluding hydrogens is 444 g/mol. The number of hydrogen-bond donors (Lipinski definition) is 0. The van der Waals surface area contributed by atoms with Crippen molar-refractivity contribution in [2.45, 2.75) is 84.5 Å². The van der Waals surface area contributed by atoms with Crippen LogP contribution in [0.1, 0.15) is 87.8 Å². The zero-order valence-electron chi connectivity index (χ0n) is 22.1. The maximum atomic E-state index is 12.1. The molecule has 0 saturated carbocycles. The molecule has 188 valence electrons. The van der Waals surface area contributed by atoms with Gasteiger partial charge in [0.05, 0.1) is 13.2 Å². The number of carbonyl (C=O) groups is 2. The van der Waals surface area contributed by atoms with Crippen LogP contribution in [0.5, 0.6) is 11.5 Å². The van der Waals surface area contributed by atoms with Gasteiger partial charge in [-0.25, -0.2) is 9.59 Å². The summed E-state index contributed by atoms with van der Waals surface area (Å²) in [4.78, 5) is 24.3. The lowest BCUT2D eigenvalue weighted by atomic mass is 9.72. The molecule has 0 radical (unpaired) electrons. The van der Waals surface area contributed by atoms with Crippen LogP contribution >= 0.6 is 0 Å². The van der Waals surface area contributed by atoms with Gasteiger partial charge in [0.15, 0.2) is 0 Å². The van der Waals surface area contributed by atoms with Crippen LogP contribution in [0.2, 0.25) is 0 Å². The highest BCUT2D eigenvalue weighted by Gasteiger charge is 2.56. The van der Waals surface area contributed by atoms with E-state index in [2.05, 4.69) is 39.8 Å². The first kappa shape index (κ1) is 25.1. The minimum absolute atomic E-state index is 0.0900. The van der Waals surface area contributed by atoms with Crippen LogP contribution in [0, 0.1) is 13.8 Å². The number of carbonyl (C=O) groups excluding carboxylic acids is 2. The second-order valence-electron chi connectivity index (χ2n) is 11.1. The highest BCUT2D eigenvalue weighted by molar-refractivity contribution is 5.69. The predicted molar refractivity (Wildman–Crippen MR) is 134 cm³/mol. The lowest BCUT2D eigenvalue weighted by Gasteiger charge is -2.30. The zero-order valence-corrected chi connectivity index (χ0v) is 22.1. The summed E-state index contributed by atoms with van der Waals surface area (Å²) in [5.41, 5.74) is 6.13. The van der Waals surface area contributed by atoms with Gasteiger partial charge in [0.2, 0.25) is 0 Å². The maximum absolute atomic E-state index is 12.1. The minimum atomic E-state index is -0.699. The average molecular weight is 481 g/mol. The van der Waals surface area contributed by atoms with Crippen molar-refractivity contribution in [2.24, 2.45) is 0 Å². The van der Waals surface area contributed by atoms with Crippen LogP contribution in [0.25, 0.3) is 0 Å². The van der Waals surface area contributed by atoms with Crippen molar-refractivity contribution in [3.8, 4) is 11.5 Å². The smallest absolute Gasteiger partial charge is 0.434 e. The van der Waals surface area contributed by atoms with Gasteiger partial charge < -0.3 is 18.9 Å². The first-order valence-electron chi connectivity index (χ1n) is 12.3. The third kappa shape index (κ3) is 4.17. The Morgan fingerprint density at radius 3 is 1.40 bits per heavy atom. The molecule has 4 rings (SSSR count). The van der Waals surface area contributed by atoms with Crippen molar-refractivity contribution in [3.05, 3.63) is 57.6 Å². The van der Waals surface area contributed by atoms with E-state index in [1.54, 1.807) is 13.8 Å². The summed E-state index contributed by atoms with van der Waals surface area (Å²) in [6, 6.07) is 8.34. The van der Waals surface area contributed by atoms with Crippen molar-refractivity contribution in [2.75, 3.05) is 13.2 Å². The Morgan fingerprint density at radius 1 is 0.686 bits per heavy atom. The SMILES string of the molecule is CCOC(=O)Oc1cc2c(cc1C)C(C)(C)CC21CC(C)(C)c2cc(C)c(OC(=O)OCC)cc21. The molecular formula is C29H36O6. The number of aryl methyl sites for hydroxylation is 2. The fourth-order valence-electron chi connectivity index (χ4n) is 6.27. The monoisotopic (exact) mass is 480 g/mol. The summed E-state index contributed by atoms with van der Waals surface area (Å²) < 4.78 is 21.3. The predicted octanol–water partition coefficient (Wildman–Crippen LogP) is 7.02. The van der Waals surface area contributed by atoms with Gasteiger partial charge in [0, 0.05) is 5.41 Å². The quantitative estimate of drug-likeness (QED) is 0.346. The molecule has 1 spiro atoms. The van der Waals surface area contributed by atoms with Crippen LogP contribution < -0.4 is 9.47 Å². The highest BCUT2D eigenvalue weighted by atomic mass is 16.7. The number of fused-ring (bicyclic) bond motifs is 4. The van der Waals surface area contributed by atoms with Crippen molar-refractivity contribution in [3.63, 3.8) is 0 Å². The fraction of sp³-hybridized carbons (Fsp3) is 0.517. The molecule has 6 nitrogen and oxygen atoms in total. The van der Waals surface area contributed by atoms with Crippen molar-refractivity contribution in [1.29, 1.82) is 0 Å². The van der Waals surface area contributed by atoms with Gasteiger partial charge in [-0.2, -0.15) is 0 Å². The Balaban J connectivity index is 1.90. The standard InChI is InChI=1S/C29H36O6/c1-9-32-25(30)34-23-13-21-19(11-17(23)3)27(5,6)15-29(21)16-28(7,8)20-12-18(4)24(14-22(20)29)35-26(31)33-10-2/h11-14H,9-10,15-16H2,1-8H3. The summed E-state index contributed by atoms with van der Waals surface area (Å²) in [5.74, 6) is 1.03. The molecule has 0 amide bonds. The first-order valence-corrected chi connectivity index (χ1v) is 12.3. The van der Waals surface area contributed by atoms with E-state index in [1.807, 2.05) is 26.0 Å². The minimum Gasteiger partial charge on any atom is -0.434 e. The molecule has 2 aliphatic carbocycles. The van der Waals surface area contributed by atoms with Gasteiger partial charge in [0.25, 0.3) is 0 Å². The van der Waals surface area contributed by atoms with Crippen LogP contribution in [-0.4, -0.2) is 25.5 Å². The van der Waals surface area contributed by atoms with Crippen LogP contribution in [0.4, 0.5) is 9.59 Å². The van der Waals surface area contributed by atoms with Gasteiger partial charge in [-0.15, -0.1) is 0 Å². The molecule has 6 heteroatoms. The largest absolute Gasteiger partial charge is 0.513 e. The molecule has 0 saturated heterocycles. The summed E-state index contributed by atoms with van der Waals surface area (Å²) in [6.45, 7) is 17.0. The zero-order chi connectivity index (χ0) is 25.8. The number of rotatable bonds is 4. The highest BCUT2D eigenvalue weighted by Crippen LogP contribution is 2.64. The Hall–Kier alpha value is -3.02. The second kappa shape index (κ2) is 8.58. The molecule has 35 heavy (non-hydrogen) atoms. The van der Waals surface area contributed by atoms with E-state index in [4.69, 9.17) is 18.9 Å². The molecule has 2 aliphatic rings. The van der Waals surface area contributed by atoms with Gasteiger partial charge in [-0.05, 0) is 96.9 Å². The average Bonchev–Trinajstić information content (AvgIpc) is 3.08. The molecule has 0 N–H and O–H groups in total. The van der Waals surface area contributed by atoms with E-state index in [0.29, 0.717) is 11.5 Å². The van der Waals surface area contributed by atoms with E-state index in [0.717, 1.165) is 35.1 Å². The molecule has 0 fully saturated rings. The molecule has 0 unspecified atom stereocenters. The van der Waals surface area contributed by atoms with Gasteiger partial charge in [-0.3, -0.25) is 0 Å². The number of hydrogen-bond acceptors (Lipinski definition) is 6. The summed E-state index contributed by atoms with van der Waals surface area (Å²) in [5, 5.41) is 0. The lowest BCUT2D eigenvalue weighted by molar-refractivity contribution is 0.103. The molecule has 0 bridgehead atoms. The third-order valence-corrected chi connectivity index (χ3v) is 7.52. The lowest BCUT2D eigenvalue weighted by Crippen LogP contribution is -2.27. The maximum Gasteiger partial charge on any atom is 0.513 e. The second-order valence-corrected chi connectivity index (χ2v) is 11.1. The Bertz CT molecular complexity index is 1100. The topological polar surface area (TPSA) is 71.1 Å². The molecule has 0 aromatic heterocycles. The molecule has 2 aromatic carbocycles. The van der Waals surface area contributed by atoms with Crippen molar-refractivity contribution >= 4 is 12.3 Å². The van der Waals surface area contributed by atoms with Crippen molar-refractivity contribution < 1.29 is 28.5 Å². The van der Waals surface area contributed by atoms with Crippen LogP contribution in [0.15, 0.2) is 24.3 Å². The van der Waals surface area contributed by atoms with Crippen LogP contribution in [-0.2, 0) is 25.7 Å². The number of benzene rings is 2. The van der Waals surface area contributed by atoms with Crippen molar-refractivity contribution in [1.82, 2.24) is 0 Å².